The molecule has 0 unspecified atom stereocenters. The standard InChI is InChI=1S/C14H15Cl2N3O/c1-9-5-6-17-10(7-9)12(20)8-19(2)11-3-4-13(15)18-14(11)16/h3-7,12,20H,8H2,1-2H3/t12-/m1/s1. The molecule has 1 atom stereocenters. The lowest BCUT2D eigenvalue weighted by molar-refractivity contribution is 0.180. The van der Waals surface area contributed by atoms with E-state index in [1.165, 1.54) is 0 Å². The molecule has 0 aliphatic rings. The molecule has 1 N–H and O–H groups in total. The Morgan fingerprint density at radius 2 is 2.05 bits per heavy atom. The van der Waals surface area contributed by atoms with Gasteiger partial charge < -0.3 is 10.0 Å². The first-order chi connectivity index (χ1) is 9.47. The highest BCUT2D eigenvalue weighted by Gasteiger charge is 2.15. The Morgan fingerprint density at radius 3 is 2.70 bits per heavy atom. The number of aliphatic hydroxyl groups is 1. The van der Waals surface area contributed by atoms with Crippen molar-refractivity contribution < 1.29 is 5.11 Å². The van der Waals surface area contributed by atoms with Crippen LogP contribution >= 0.6 is 23.2 Å². The maximum absolute atomic E-state index is 10.2. The van der Waals surface area contributed by atoms with E-state index in [1.54, 1.807) is 18.3 Å². The van der Waals surface area contributed by atoms with E-state index in [0.717, 1.165) is 5.56 Å². The zero-order valence-corrected chi connectivity index (χ0v) is 12.7. The van der Waals surface area contributed by atoms with Crippen LogP contribution in [0, 0.1) is 6.92 Å². The van der Waals surface area contributed by atoms with Crippen LogP contribution in [-0.2, 0) is 0 Å². The summed E-state index contributed by atoms with van der Waals surface area (Å²) in [6.07, 6.45) is 0.983. The van der Waals surface area contributed by atoms with Crippen molar-refractivity contribution in [3.8, 4) is 0 Å². The predicted molar refractivity (Wildman–Crippen MR) is 81.5 cm³/mol. The fraction of sp³-hybridized carbons (Fsp3) is 0.286. The smallest absolute Gasteiger partial charge is 0.154 e. The molecule has 4 nitrogen and oxygen atoms in total. The zero-order valence-electron chi connectivity index (χ0n) is 11.2. The summed E-state index contributed by atoms with van der Waals surface area (Å²) in [5.41, 5.74) is 2.40. The number of likely N-dealkylation sites (N-methyl/N-ethyl adjacent to an activating group) is 1. The Morgan fingerprint density at radius 1 is 1.30 bits per heavy atom. The third kappa shape index (κ3) is 3.60. The van der Waals surface area contributed by atoms with Crippen LogP contribution in [0.3, 0.4) is 0 Å². The van der Waals surface area contributed by atoms with Crippen LogP contribution in [0.25, 0.3) is 0 Å². The normalized spacial score (nSPS) is 12.2. The first-order valence-electron chi connectivity index (χ1n) is 6.11. The van der Waals surface area contributed by atoms with E-state index in [2.05, 4.69) is 9.97 Å². The lowest BCUT2D eigenvalue weighted by atomic mass is 10.1. The molecule has 6 heteroatoms. The van der Waals surface area contributed by atoms with Crippen molar-refractivity contribution in [2.45, 2.75) is 13.0 Å². The van der Waals surface area contributed by atoms with Gasteiger partial charge in [0.25, 0.3) is 0 Å². The van der Waals surface area contributed by atoms with Crippen molar-refractivity contribution in [1.82, 2.24) is 9.97 Å². The summed E-state index contributed by atoms with van der Waals surface area (Å²) < 4.78 is 0. The second-order valence-electron chi connectivity index (χ2n) is 4.60. The summed E-state index contributed by atoms with van der Waals surface area (Å²) in [5, 5.41) is 10.9. The van der Waals surface area contributed by atoms with Gasteiger partial charge in [0.2, 0.25) is 0 Å². The lowest BCUT2D eigenvalue weighted by Gasteiger charge is -2.23. The third-order valence-corrected chi connectivity index (χ3v) is 3.42. The van der Waals surface area contributed by atoms with Gasteiger partial charge in [0.15, 0.2) is 5.15 Å². The second-order valence-corrected chi connectivity index (χ2v) is 5.34. The largest absolute Gasteiger partial charge is 0.385 e. The average Bonchev–Trinajstić information content (AvgIpc) is 2.38. The van der Waals surface area contributed by atoms with Crippen LogP contribution < -0.4 is 4.90 Å². The molecule has 2 heterocycles. The molecule has 0 saturated heterocycles. The summed E-state index contributed by atoms with van der Waals surface area (Å²) in [6.45, 7) is 2.32. The Balaban J connectivity index is 2.12. The van der Waals surface area contributed by atoms with Gasteiger partial charge in [0.1, 0.15) is 11.3 Å². The number of anilines is 1. The summed E-state index contributed by atoms with van der Waals surface area (Å²) in [7, 11) is 1.83. The van der Waals surface area contributed by atoms with E-state index < -0.39 is 6.10 Å². The maximum Gasteiger partial charge on any atom is 0.154 e. The minimum atomic E-state index is -0.702. The van der Waals surface area contributed by atoms with Crippen molar-refractivity contribution in [2.24, 2.45) is 0 Å². The highest BCUT2D eigenvalue weighted by atomic mass is 35.5. The van der Waals surface area contributed by atoms with Gasteiger partial charge in [0, 0.05) is 19.8 Å². The van der Waals surface area contributed by atoms with Crippen LogP contribution in [0.4, 0.5) is 5.69 Å². The summed E-state index contributed by atoms with van der Waals surface area (Å²) >= 11 is 11.8. The van der Waals surface area contributed by atoms with Crippen LogP contribution in [0.5, 0.6) is 0 Å². The molecule has 0 saturated carbocycles. The number of aryl methyl sites for hydroxylation is 1. The number of rotatable bonds is 4. The zero-order chi connectivity index (χ0) is 14.7. The van der Waals surface area contributed by atoms with Crippen molar-refractivity contribution in [3.05, 3.63) is 52.0 Å². The molecule has 0 spiro atoms. The quantitative estimate of drug-likeness (QED) is 0.880. The molecule has 0 aliphatic carbocycles. The molecule has 0 aliphatic heterocycles. The Hall–Kier alpha value is -1.36. The first kappa shape index (κ1) is 15.0. The van der Waals surface area contributed by atoms with E-state index in [9.17, 15) is 5.11 Å². The van der Waals surface area contributed by atoms with Crippen LogP contribution in [0.1, 0.15) is 17.4 Å². The SMILES string of the molecule is Cc1ccnc([C@H](O)CN(C)c2ccc(Cl)nc2Cl)c1. The highest BCUT2D eigenvalue weighted by Crippen LogP contribution is 2.26. The molecule has 20 heavy (non-hydrogen) atoms. The fourth-order valence-corrected chi connectivity index (χ4v) is 2.37. The number of aliphatic hydroxyl groups excluding tert-OH is 1. The fourth-order valence-electron chi connectivity index (χ4n) is 1.88. The molecule has 0 bridgehead atoms. The predicted octanol–water partition coefficient (Wildman–Crippen LogP) is 3.26. The topological polar surface area (TPSA) is 49.3 Å². The van der Waals surface area contributed by atoms with E-state index in [1.807, 2.05) is 31.0 Å². The monoisotopic (exact) mass is 311 g/mol. The van der Waals surface area contributed by atoms with E-state index in [-0.39, 0.29) is 0 Å². The van der Waals surface area contributed by atoms with Gasteiger partial charge in [-0.25, -0.2) is 4.98 Å². The number of aromatic nitrogens is 2. The maximum atomic E-state index is 10.2. The molecule has 0 aromatic carbocycles. The van der Waals surface area contributed by atoms with Gasteiger partial charge in [-0.3, -0.25) is 4.98 Å². The minimum Gasteiger partial charge on any atom is -0.385 e. The number of halogens is 2. The number of hydrogen-bond donors (Lipinski definition) is 1. The second kappa shape index (κ2) is 6.39. The van der Waals surface area contributed by atoms with Gasteiger partial charge in [-0.1, -0.05) is 23.2 Å². The Kier molecular flexibility index (Phi) is 4.81. The molecule has 2 aromatic heterocycles. The number of pyridine rings is 2. The van der Waals surface area contributed by atoms with Gasteiger partial charge in [0.05, 0.1) is 11.4 Å². The van der Waals surface area contributed by atoms with Gasteiger partial charge >= 0.3 is 0 Å². The van der Waals surface area contributed by atoms with Gasteiger partial charge in [-0.15, -0.1) is 0 Å². The summed E-state index contributed by atoms with van der Waals surface area (Å²) in [6, 6.07) is 7.19. The molecular weight excluding hydrogens is 297 g/mol. The minimum absolute atomic E-state index is 0.310. The Bertz CT molecular complexity index is 607. The first-order valence-corrected chi connectivity index (χ1v) is 6.87. The molecule has 0 fully saturated rings. The van der Waals surface area contributed by atoms with Crippen molar-refractivity contribution in [1.29, 1.82) is 0 Å². The van der Waals surface area contributed by atoms with Crippen molar-refractivity contribution >= 4 is 28.9 Å². The summed E-state index contributed by atoms with van der Waals surface area (Å²) in [5.74, 6) is 0. The molecule has 106 valence electrons. The van der Waals surface area contributed by atoms with Crippen LogP contribution in [0.2, 0.25) is 10.3 Å². The van der Waals surface area contributed by atoms with Gasteiger partial charge in [-0.05, 0) is 36.8 Å². The van der Waals surface area contributed by atoms with E-state index >= 15 is 0 Å². The van der Waals surface area contributed by atoms with E-state index in [0.29, 0.717) is 28.2 Å². The Labute approximate surface area is 128 Å². The molecule has 0 amide bonds. The van der Waals surface area contributed by atoms with Crippen molar-refractivity contribution in [3.63, 3.8) is 0 Å². The highest BCUT2D eigenvalue weighted by molar-refractivity contribution is 6.34. The number of nitrogens with zero attached hydrogens (tertiary/aromatic N) is 3. The molecule has 0 radical (unpaired) electrons. The third-order valence-electron chi connectivity index (χ3n) is 2.93. The molecule has 2 rings (SSSR count). The lowest BCUT2D eigenvalue weighted by Crippen LogP contribution is -2.25. The summed E-state index contributed by atoms with van der Waals surface area (Å²) in [4.78, 5) is 9.98. The number of hydrogen-bond acceptors (Lipinski definition) is 4. The van der Waals surface area contributed by atoms with Crippen molar-refractivity contribution in [2.75, 3.05) is 18.5 Å². The van der Waals surface area contributed by atoms with Gasteiger partial charge in [-0.2, -0.15) is 0 Å². The van der Waals surface area contributed by atoms with Crippen LogP contribution in [0.15, 0.2) is 30.5 Å². The van der Waals surface area contributed by atoms with Crippen LogP contribution in [-0.4, -0.2) is 28.7 Å². The molecular formula is C14H15Cl2N3O. The molecule has 2 aromatic rings. The van der Waals surface area contributed by atoms with E-state index in [4.69, 9.17) is 23.2 Å². The average molecular weight is 312 g/mol.